The number of anilines is 1. The van der Waals surface area contributed by atoms with Crippen molar-refractivity contribution in [2.75, 3.05) is 5.32 Å². The molecule has 0 amide bonds. The minimum Gasteiger partial charge on any atom is -0.366 e. The summed E-state index contributed by atoms with van der Waals surface area (Å²) in [5.74, 6) is 1.46. The van der Waals surface area contributed by atoms with Crippen molar-refractivity contribution in [2.24, 2.45) is 5.73 Å². The van der Waals surface area contributed by atoms with E-state index >= 15 is 0 Å². The van der Waals surface area contributed by atoms with E-state index in [1.807, 2.05) is 6.07 Å². The largest absolute Gasteiger partial charge is 0.366 e. The van der Waals surface area contributed by atoms with Gasteiger partial charge in [0.15, 0.2) is 0 Å². The lowest BCUT2D eigenvalue weighted by molar-refractivity contribution is 0.904. The Morgan fingerprint density at radius 1 is 1.29 bits per heavy atom. The van der Waals surface area contributed by atoms with Crippen molar-refractivity contribution >= 4 is 5.82 Å². The van der Waals surface area contributed by atoms with E-state index in [4.69, 9.17) is 5.73 Å². The third-order valence-electron chi connectivity index (χ3n) is 2.44. The van der Waals surface area contributed by atoms with E-state index in [0.29, 0.717) is 12.4 Å². The van der Waals surface area contributed by atoms with Crippen LogP contribution < -0.4 is 11.1 Å². The van der Waals surface area contributed by atoms with E-state index in [2.05, 4.69) is 46.5 Å². The van der Waals surface area contributed by atoms with E-state index < -0.39 is 0 Å². The molecule has 2 aromatic rings. The molecule has 0 bridgehead atoms. The van der Waals surface area contributed by atoms with Gasteiger partial charge in [-0.3, -0.25) is 0 Å². The molecular formula is C13H16N4. The molecule has 0 atom stereocenters. The van der Waals surface area contributed by atoms with Gasteiger partial charge >= 0.3 is 0 Å². The summed E-state index contributed by atoms with van der Waals surface area (Å²) in [6, 6.07) is 10.2. The molecule has 1 aromatic heterocycles. The number of hydrogen-bond acceptors (Lipinski definition) is 4. The highest BCUT2D eigenvalue weighted by molar-refractivity contribution is 5.35. The van der Waals surface area contributed by atoms with Gasteiger partial charge in [-0.25, -0.2) is 9.97 Å². The van der Waals surface area contributed by atoms with Crippen molar-refractivity contribution < 1.29 is 0 Å². The molecule has 0 unspecified atom stereocenters. The van der Waals surface area contributed by atoms with E-state index in [-0.39, 0.29) is 0 Å². The molecule has 0 saturated carbocycles. The molecule has 0 saturated heterocycles. The number of aryl methyl sites for hydroxylation is 1. The molecule has 88 valence electrons. The number of hydrogen-bond donors (Lipinski definition) is 2. The van der Waals surface area contributed by atoms with Crippen LogP contribution in [0.5, 0.6) is 0 Å². The summed E-state index contributed by atoms with van der Waals surface area (Å²) in [4.78, 5) is 8.33. The van der Waals surface area contributed by atoms with Crippen LogP contribution >= 0.6 is 0 Å². The first kappa shape index (κ1) is 11.5. The second kappa shape index (κ2) is 5.41. The van der Waals surface area contributed by atoms with Crippen LogP contribution in [0.1, 0.15) is 17.0 Å². The van der Waals surface area contributed by atoms with Crippen molar-refractivity contribution in [3.63, 3.8) is 0 Å². The maximum absolute atomic E-state index is 5.49. The first-order chi connectivity index (χ1) is 8.28. The highest BCUT2D eigenvalue weighted by Crippen LogP contribution is 2.07. The van der Waals surface area contributed by atoms with Crippen molar-refractivity contribution in [3.05, 3.63) is 53.5 Å². The summed E-state index contributed by atoms with van der Waals surface area (Å²) in [5, 5.41) is 3.26. The lowest BCUT2D eigenvalue weighted by atomic mass is 10.1. The number of aromatic nitrogens is 2. The van der Waals surface area contributed by atoms with Gasteiger partial charge in [-0.2, -0.15) is 0 Å². The predicted molar refractivity (Wildman–Crippen MR) is 68.4 cm³/mol. The van der Waals surface area contributed by atoms with Gasteiger partial charge in [0.2, 0.25) is 0 Å². The van der Waals surface area contributed by atoms with Crippen LogP contribution in [-0.4, -0.2) is 9.97 Å². The average molecular weight is 228 g/mol. The summed E-state index contributed by atoms with van der Waals surface area (Å²) >= 11 is 0. The fourth-order valence-corrected chi connectivity index (χ4v) is 1.61. The Labute approximate surface area is 101 Å². The highest BCUT2D eigenvalue weighted by Gasteiger charge is 1.98. The maximum Gasteiger partial charge on any atom is 0.144 e. The minimum atomic E-state index is 0.361. The minimum absolute atomic E-state index is 0.361. The SMILES string of the molecule is Cc1cccc(CNc2ccnc(CN)n2)c1. The molecule has 0 aliphatic carbocycles. The molecule has 0 aliphatic rings. The normalized spacial score (nSPS) is 10.2. The van der Waals surface area contributed by atoms with Crippen LogP contribution in [0.2, 0.25) is 0 Å². The van der Waals surface area contributed by atoms with Crippen LogP contribution in [0.15, 0.2) is 36.5 Å². The van der Waals surface area contributed by atoms with Crippen molar-refractivity contribution in [3.8, 4) is 0 Å². The van der Waals surface area contributed by atoms with E-state index in [1.165, 1.54) is 11.1 Å². The van der Waals surface area contributed by atoms with Crippen molar-refractivity contribution in [2.45, 2.75) is 20.0 Å². The lowest BCUT2D eigenvalue weighted by Gasteiger charge is -2.07. The average Bonchev–Trinajstić information content (AvgIpc) is 2.37. The monoisotopic (exact) mass is 228 g/mol. The first-order valence-electron chi connectivity index (χ1n) is 5.59. The Bertz CT molecular complexity index is 496. The standard InChI is InChI=1S/C13H16N4/c1-10-3-2-4-11(7-10)9-16-12-5-6-15-13(8-14)17-12/h2-7H,8-9,14H2,1H3,(H,15,16,17). The van der Waals surface area contributed by atoms with Gasteiger partial charge in [-0.15, -0.1) is 0 Å². The van der Waals surface area contributed by atoms with Gasteiger partial charge in [0.1, 0.15) is 11.6 Å². The summed E-state index contributed by atoms with van der Waals surface area (Å²) < 4.78 is 0. The highest BCUT2D eigenvalue weighted by atomic mass is 15.0. The molecule has 4 heteroatoms. The predicted octanol–water partition coefficient (Wildman–Crippen LogP) is 1.86. The Balaban J connectivity index is 2.02. The van der Waals surface area contributed by atoms with E-state index in [1.54, 1.807) is 6.20 Å². The van der Waals surface area contributed by atoms with Gasteiger partial charge in [-0.1, -0.05) is 29.8 Å². The first-order valence-corrected chi connectivity index (χ1v) is 5.59. The molecule has 2 rings (SSSR count). The van der Waals surface area contributed by atoms with Gasteiger partial charge in [0.25, 0.3) is 0 Å². The molecule has 3 N–H and O–H groups in total. The molecule has 0 aliphatic heterocycles. The van der Waals surface area contributed by atoms with Crippen LogP contribution in [0.25, 0.3) is 0 Å². The van der Waals surface area contributed by atoms with Crippen LogP contribution in [0.3, 0.4) is 0 Å². The van der Waals surface area contributed by atoms with Gasteiger partial charge < -0.3 is 11.1 Å². The zero-order valence-electron chi connectivity index (χ0n) is 9.85. The summed E-state index contributed by atoms with van der Waals surface area (Å²) in [6.45, 7) is 3.20. The Kier molecular flexibility index (Phi) is 3.67. The van der Waals surface area contributed by atoms with E-state index in [9.17, 15) is 0 Å². The van der Waals surface area contributed by atoms with Crippen LogP contribution in [0, 0.1) is 6.92 Å². The lowest BCUT2D eigenvalue weighted by Crippen LogP contribution is -2.07. The molecule has 0 radical (unpaired) electrons. The van der Waals surface area contributed by atoms with Crippen molar-refractivity contribution in [1.82, 2.24) is 9.97 Å². The number of nitrogens with one attached hydrogen (secondary N) is 1. The topological polar surface area (TPSA) is 63.8 Å². The zero-order chi connectivity index (χ0) is 12.1. The fourth-order valence-electron chi connectivity index (χ4n) is 1.61. The van der Waals surface area contributed by atoms with Crippen LogP contribution in [0.4, 0.5) is 5.82 Å². The van der Waals surface area contributed by atoms with Crippen molar-refractivity contribution in [1.29, 1.82) is 0 Å². The number of rotatable bonds is 4. The van der Waals surface area contributed by atoms with Crippen LogP contribution in [-0.2, 0) is 13.1 Å². The van der Waals surface area contributed by atoms with Gasteiger partial charge in [0.05, 0.1) is 6.54 Å². The van der Waals surface area contributed by atoms with E-state index in [0.717, 1.165) is 12.4 Å². The molecule has 0 fully saturated rings. The molecular weight excluding hydrogens is 212 g/mol. The second-order valence-corrected chi connectivity index (χ2v) is 3.90. The quantitative estimate of drug-likeness (QED) is 0.838. The molecule has 0 spiro atoms. The summed E-state index contributed by atoms with van der Waals surface area (Å²) in [5.41, 5.74) is 7.99. The smallest absolute Gasteiger partial charge is 0.144 e. The molecule has 1 heterocycles. The molecule has 4 nitrogen and oxygen atoms in total. The third-order valence-corrected chi connectivity index (χ3v) is 2.44. The molecule has 1 aromatic carbocycles. The number of nitrogens with zero attached hydrogens (tertiary/aromatic N) is 2. The summed E-state index contributed by atoms with van der Waals surface area (Å²) in [6.07, 6.45) is 1.72. The Morgan fingerprint density at radius 3 is 2.94 bits per heavy atom. The Morgan fingerprint density at radius 2 is 2.18 bits per heavy atom. The zero-order valence-corrected chi connectivity index (χ0v) is 9.85. The fraction of sp³-hybridized carbons (Fsp3) is 0.231. The van der Waals surface area contributed by atoms with Gasteiger partial charge in [-0.05, 0) is 18.6 Å². The van der Waals surface area contributed by atoms with Gasteiger partial charge in [0, 0.05) is 12.7 Å². The number of nitrogens with two attached hydrogens (primary N) is 1. The second-order valence-electron chi connectivity index (χ2n) is 3.90. The third kappa shape index (κ3) is 3.26. The maximum atomic E-state index is 5.49. The summed E-state index contributed by atoms with van der Waals surface area (Å²) in [7, 11) is 0. The Hall–Kier alpha value is -1.94. The number of benzene rings is 1. The molecule has 17 heavy (non-hydrogen) atoms.